The molecular formula is C17H19BrN2O2S. The Morgan fingerprint density at radius 1 is 1.26 bits per heavy atom. The van der Waals surface area contributed by atoms with E-state index >= 15 is 0 Å². The maximum atomic E-state index is 12.0. The second-order valence-corrected chi connectivity index (χ2v) is 6.55. The van der Waals surface area contributed by atoms with Crippen molar-refractivity contribution in [3.63, 3.8) is 0 Å². The Balaban J connectivity index is 1.89. The molecule has 2 aromatic rings. The lowest BCUT2D eigenvalue weighted by Crippen LogP contribution is -2.30. The van der Waals surface area contributed by atoms with Crippen LogP contribution in [-0.4, -0.2) is 25.9 Å². The van der Waals surface area contributed by atoms with Crippen molar-refractivity contribution in [2.75, 3.05) is 25.2 Å². The van der Waals surface area contributed by atoms with Gasteiger partial charge in [0.05, 0.1) is 12.8 Å². The number of benzene rings is 2. The number of thioether (sulfide) groups is 1. The highest BCUT2D eigenvalue weighted by Crippen LogP contribution is 2.25. The van der Waals surface area contributed by atoms with E-state index in [0.717, 1.165) is 26.4 Å². The number of carbonyl (C=O) groups excluding carboxylic acids is 1. The number of carbonyl (C=O) groups is 1. The van der Waals surface area contributed by atoms with Crippen LogP contribution in [0.3, 0.4) is 0 Å². The summed E-state index contributed by atoms with van der Waals surface area (Å²) in [5.74, 6) is 0.822. The number of rotatable bonds is 6. The van der Waals surface area contributed by atoms with Gasteiger partial charge in [0.2, 0.25) is 0 Å². The van der Waals surface area contributed by atoms with Crippen molar-refractivity contribution in [3.8, 4) is 5.75 Å². The first-order chi connectivity index (χ1) is 11.1. The number of para-hydroxylation sites is 1. The summed E-state index contributed by atoms with van der Waals surface area (Å²) >= 11 is 5.05. The minimum absolute atomic E-state index is 0.208. The molecule has 2 amide bonds. The van der Waals surface area contributed by atoms with E-state index in [9.17, 15) is 4.79 Å². The number of anilines is 1. The second-order valence-electron chi connectivity index (χ2n) is 4.79. The van der Waals surface area contributed by atoms with Gasteiger partial charge < -0.3 is 15.4 Å². The van der Waals surface area contributed by atoms with Gasteiger partial charge in [0.25, 0.3) is 0 Å². The molecule has 0 aliphatic carbocycles. The predicted molar refractivity (Wildman–Crippen MR) is 99.6 cm³/mol. The molecule has 0 bridgehead atoms. The highest BCUT2D eigenvalue weighted by Gasteiger charge is 2.07. The van der Waals surface area contributed by atoms with Crippen LogP contribution < -0.4 is 15.4 Å². The van der Waals surface area contributed by atoms with E-state index in [4.69, 9.17) is 4.74 Å². The van der Waals surface area contributed by atoms with Crippen LogP contribution in [0.4, 0.5) is 10.5 Å². The minimum Gasteiger partial charge on any atom is -0.496 e. The van der Waals surface area contributed by atoms with Crippen LogP contribution in [0.2, 0.25) is 0 Å². The quantitative estimate of drug-likeness (QED) is 0.706. The lowest BCUT2D eigenvalue weighted by Gasteiger charge is -2.12. The van der Waals surface area contributed by atoms with Crippen LogP contribution in [-0.2, 0) is 6.42 Å². The summed E-state index contributed by atoms with van der Waals surface area (Å²) in [4.78, 5) is 13.1. The van der Waals surface area contributed by atoms with Gasteiger partial charge in [-0.2, -0.15) is 0 Å². The van der Waals surface area contributed by atoms with Crippen LogP contribution in [0.5, 0.6) is 5.75 Å². The summed E-state index contributed by atoms with van der Waals surface area (Å²) in [6.07, 6.45) is 2.68. The van der Waals surface area contributed by atoms with Crippen molar-refractivity contribution in [1.82, 2.24) is 5.32 Å². The highest BCUT2D eigenvalue weighted by molar-refractivity contribution is 9.10. The van der Waals surface area contributed by atoms with Gasteiger partial charge in [0.1, 0.15) is 5.75 Å². The summed E-state index contributed by atoms with van der Waals surface area (Å²) in [6.45, 7) is 0.528. The first-order valence-electron chi connectivity index (χ1n) is 7.14. The zero-order chi connectivity index (χ0) is 16.7. The molecule has 0 heterocycles. The lowest BCUT2D eigenvalue weighted by atomic mass is 10.1. The zero-order valence-electron chi connectivity index (χ0n) is 13.1. The van der Waals surface area contributed by atoms with Gasteiger partial charge in [-0.15, -0.1) is 11.8 Å². The molecule has 0 aliphatic heterocycles. The Morgan fingerprint density at radius 3 is 2.78 bits per heavy atom. The predicted octanol–water partition coefficient (Wildman–Crippen LogP) is 4.54. The van der Waals surface area contributed by atoms with Gasteiger partial charge in [0, 0.05) is 15.9 Å². The SMILES string of the molecule is COc1ccc(Br)cc1CCNC(=O)Nc1ccccc1SC. The molecule has 6 heteroatoms. The van der Waals surface area contributed by atoms with E-state index in [1.54, 1.807) is 18.9 Å². The minimum atomic E-state index is -0.208. The number of nitrogens with one attached hydrogen (secondary N) is 2. The topological polar surface area (TPSA) is 50.4 Å². The van der Waals surface area contributed by atoms with E-state index in [-0.39, 0.29) is 6.03 Å². The molecule has 0 saturated carbocycles. The summed E-state index contributed by atoms with van der Waals surface area (Å²) in [5.41, 5.74) is 1.87. The van der Waals surface area contributed by atoms with Crippen molar-refractivity contribution in [1.29, 1.82) is 0 Å². The first-order valence-corrected chi connectivity index (χ1v) is 9.16. The van der Waals surface area contributed by atoms with E-state index in [2.05, 4.69) is 26.6 Å². The van der Waals surface area contributed by atoms with Crippen molar-refractivity contribution >= 4 is 39.4 Å². The first kappa shape index (κ1) is 17.7. The fourth-order valence-corrected chi connectivity index (χ4v) is 3.13. The summed E-state index contributed by atoms with van der Waals surface area (Å²) < 4.78 is 6.32. The molecule has 4 nitrogen and oxygen atoms in total. The smallest absolute Gasteiger partial charge is 0.319 e. The van der Waals surface area contributed by atoms with Crippen molar-refractivity contribution in [2.24, 2.45) is 0 Å². The Bertz CT molecular complexity index is 679. The number of urea groups is 1. The largest absolute Gasteiger partial charge is 0.496 e. The molecule has 23 heavy (non-hydrogen) atoms. The second kappa shape index (κ2) is 8.84. The molecule has 0 atom stereocenters. The van der Waals surface area contributed by atoms with Gasteiger partial charge in [-0.1, -0.05) is 28.1 Å². The molecule has 122 valence electrons. The molecule has 0 aliphatic rings. The monoisotopic (exact) mass is 394 g/mol. The van der Waals surface area contributed by atoms with E-state index in [1.165, 1.54) is 0 Å². The van der Waals surface area contributed by atoms with Crippen molar-refractivity contribution < 1.29 is 9.53 Å². The van der Waals surface area contributed by atoms with Crippen LogP contribution in [0.15, 0.2) is 51.8 Å². The number of amides is 2. The standard InChI is InChI=1S/C17H19BrN2O2S/c1-22-15-8-7-13(18)11-12(15)9-10-19-17(21)20-14-5-3-4-6-16(14)23-2/h3-8,11H,9-10H2,1-2H3,(H2,19,20,21). The maximum absolute atomic E-state index is 12.0. The molecule has 0 unspecified atom stereocenters. The summed E-state index contributed by atoms with van der Waals surface area (Å²) in [6, 6.07) is 13.4. The summed E-state index contributed by atoms with van der Waals surface area (Å²) in [7, 11) is 1.65. The van der Waals surface area contributed by atoms with Crippen LogP contribution >= 0.6 is 27.7 Å². The van der Waals surface area contributed by atoms with Gasteiger partial charge in [-0.05, 0) is 48.6 Å². The molecule has 0 spiro atoms. The summed E-state index contributed by atoms with van der Waals surface area (Å²) in [5, 5.41) is 5.75. The van der Waals surface area contributed by atoms with Gasteiger partial charge in [-0.3, -0.25) is 0 Å². The molecule has 0 saturated heterocycles. The zero-order valence-corrected chi connectivity index (χ0v) is 15.5. The molecule has 0 radical (unpaired) electrons. The normalized spacial score (nSPS) is 10.2. The fourth-order valence-electron chi connectivity index (χ4n) is 2.17. The van der Waals surface area contributed by atoms with Crippen molar-refractivity contribution in [2.45, 2.75) is 11.3 Å². The molecule has 0 fully saturated rings. The van der Waals surface area contributed by atoms with E-state index in [1.807, 2.05) is 48.7 Å². The number of hydrogen-bond donors (Lipinski definition) is 2. The van der Waals surface area contributed by atoms with Crippen LogP contribution in [0.1, 0.15) is 5.56 Å². The Kier molecular flexibility index (Phi) is 6.80. The van der Waals surface area contributed by atoms with E-state index in [0.29, 0.717) is 13.0 Å². The number of halogens is 1. The third-order valence-corrected chi connectivity index (χ3v) is 4.57. The molecule has 2 rings (SSSR count). The lowest BCUT2D eigenvalue weighted by molar-refractivity contribution is 0.252. The number of ether oxygens (including phenoxy) is 1. The third-order valence-electron chi connectivity index (χ3n) is 3.28. The number of methoxy groups -OCH3 is 1. The molecular weight excluding hydrogens is 376 g/mol. The fraction of sp³-hybridized carbons (Fsp3) is 0.235. The number of hydrogen-bond acceptors (Lipinski definition) is 3. The average Bonchev–Trinajstić information content (AvgIpc) is 2.55. The van der Waals surface area contributed by atoms with E-state index < -0.39 is 0 Å². The third kappa shape index (κ3) is 5.18. The van der Waals surface area contributed by atoms with Crippen LogP contribution in [0, 0.1) is 0 Å². The molecule has 2 N–H and O–H groups in total. The molecule has 2 aromatic carbocycles. The Hall–Kier alpha value is -1.66. The van der Waals surface area contributed by atoms with Gasteiger partial charge in [0.15, 0.2) is 0 Å². The Labute approximate surface area is 149 Å². The average molecular weight is 395 g/mol. The Morgan fingerprint density at radius 2 is 2.04 bits per heavy atom. The van der Waals surface area contributed by atoms with Gasteiger partial charge >= 0.3 is 6.03 Å². The van der Waals surface area contributed by atoms with Crippen LogP contribution in [0.25, 0.3) is 0 Å². The highest BCUT2D eigenvalue weighted by atomic mass is 79.9. The van der Waals surface area contributed by atoms with Crippen molar-refractivity contribution in [3.05, 3.63) is 52.5 Å². The molecule has 0 aromatic heterocycles. The maximum Gasteiger partial charge on any atom is 0.319 e. The van der Waals surface area contributed by atoms with Gasteiger partial charge in [-0.25, -0.2) is 4.79 Å².